The fraction of sp³-hybridized carbons (Fsp3) is 0.208. The molecule has 154 valence electrons. The molecule has 0 saturated heterocycles. The van der Waals surface area contributed by atoms with Gasteiger partial charge in [0.05, 0.1) is 0 Å². The Morgan fingerprint density at radius 3 is 2.37 bits per heavy atom. The van der Waals surface area contributed by atoms with Gasteiger partial charge in [0.2, 0.25) is 11.8 Å². The van der Waals surface area contributed by atoms with Gasteiger partial charge in [-0.2, -0.15) is 0 Å². The molecule has 1 N–H and O–H groups in total. The number of hydrogen-bond donors (Lipinski definition) is 1. The zero-order valence-electron chi connectivity index (χ0n) is 16.8. The number of aromatic nitrogens is 1. The van der Waals surface area contributed by atoms with Crippen LogP contribution in [0.3, 0.4) is 0 Å². The first kappa shape index (κ1) is 21.5. The van der Waals surface area contributed by atoms with Crippen LogP contribution in [-0.2, 0) is 22.7 Å². The number of carbonyl (C=O) groups excluding carboxylic acids is 2. The lowest BCUT2D eigenvalue weighted by atomic mass is 10.0. The Kier molecular flexibility index (Phi) is 7.57. The molecule has 3 rings (SSSR count). The summed E-state index contributed by atoms with van der Waals surface area (Å²) in [6.45, 7) is 2.45. The average Bonchev–Trinajstić information content (AvgIpc) is 2.79. The number of amides is 2. The molecule has 0 saturated carbocycles. The number of hydrogen-bond acceptors (Lipinski definition) is 3. The van der Waals surface area contributed by atoms with Gasteiger partial charge in [0, 0.05) is 36.9 Å². The predicted molar refractivity (Wildman–Crippen MR) is 118 cm³/mol. The van der Waals surface area contributed by atoms with Crippen LogP contribution in [0.4, 0.5) is 0 Å². The highest BCUT2D eigenvalue weighted by molar-refractivity contribution is 6.30. The highest BCUT2D eigenvalue weighted by atomic mass is 35.5. The second kappa shape index (κ2) is 10.6. The molecule has 1 unspecified atom stereocenters. The smallest absolute Gasteiger partial charge is 0.247 e. The van der Waals surface area contributed by atoms with E-state index in [1.165, 1.54) is 0 Å². The lowest BCUT2D eigenvalue weighted by Gasteiger charge is -2.31. The van der Waals surface area contributed by atoms with Crippen molar-refractivity contribution in [1.29, 1.82) is 0 Å². The molecule has 2 aromatic carbocycles. The van der Waals surface area contributed by atoms with Crippen LogP contribution in [0.1, 0.15) is 36.1 Å². The van der Waals surface area contributed by atoms with Crippen LogP contribution in [0.5, 0.6) is 0 Å². The second-order valence-electron chi connectivity index (χ2n) is 6.89. The van der Waals surface area contributed by atoms with Crippen molar-refractivity contribution in [2.24, 2.45) is 0 Å². The first-order chi connectivity index (χ1) is 14.6. The van der Waals surface area contributed by atoms with Crippen molar-refractivity contribution >= 4 is 23.4 Å². The van der Waals surface area contributed by atoms with Crippen molar-refractivity contribution in [3.05, 3.63) is 101 Å². The van der Waals surface area contributed by atoms with Gasteiger partial charge in [0.15, 0.2) is 0 Å². The number of halogens is 1. The summed E-state index contributed by atoms with van der Waals surface area (Å²) in [6.07, 6.45) is 3.69. The first-order valence-corrected chi connectivity index (χ1v) is 10.2. The first-order valence-electron chi connectivity index (χ1n) is 9.84. The molecule has 3 aromatic rings. The zero-order chi connectivity index (χ0) is 21.3. The van der Waals surface area contributed by atoms with Gasteiger partial charge < -0.3 is 10.2 Å². The van der Waals surface area contributed by atoms with Gasteiger partial charge in [0.25, 0.3) is 0 Å². The fourth-order valence-corrected chi connectivity index (χ4v) is 3.34. The van der Waals surface area contributed by atoms with Crippen molar-refractivity contribution in [2.45, 2.75) is 32.5 Å². The van der Waals surface area contributed by atoms with E-state index in [4.69, 9.17) is 11.6 Å². The van der Waals surface area contributed by atoms with Crippen LogP contribution in [0.2, 0.25) is 5.02 Å². The van der Waals surface area contributed by atoms with E-state index in [1.807, 2.05) is 54.6 Å². The van der Waals surface area contributed by atoms with Crippen molar-refractivity contribution < 1.29 is 9.59 Å². The molecule has 0 aliphatic heterocycles. The van der Waals surface area contributed by atoms with E-state index >= 15 is 0 Å². The van der Waals surface area contributed by atoms with Crippen molar-refractivity contribution in [2.75, 3.05) is 0 Å². The maximum atomic E-state index is 13.3. The van der Waals surface area contributed by atoms with Gasteiger partial charge in [-0.15, -0.1) is 0 Å². The number of carbonyl (C=O) groups is 2. The molecule has 1 heterocycles. The quantitative estimate of drug-likeness (QED) is 0.581. The monoisotopic (exact) mass is 421 g/mol. The second-order valence-corrected chi connectivity index (χ2v) is 7.33. The van der Waals surface area contributed by atoms with Crippen molar-refractivity contribution in [1.82, 2.24) is 15.2 Å². The van der Waals surface area contributed by atoms with Gasteiger partial charge in [-0.1, -0.05) is 67.1 Å². The van der Waals surface area contributed by atoms with Gasteiger partial charge in [0.1, 0.15) is 6.04 Å². The molecule has 5 nitrogen and oxygen atoms in total. The Hall–Kier alpha value is -3.18. The molecule has 0 radical (unpaired) electrons. The van der Waals surface area contributed by atoms with Crippen LogP contribution in [-0.4, -0.2) is 21.7 Å². The summed E-state index contributed by atoms with van der Waals surface area (Å²) in [4.78, 5) is 31.9. The average molecular weight is 422 g/mol. The topological polar surface area (TPSA) is 62.3 Å². The SMILES string of the molecule is CCC(=O)N(Cc1ccc(Cl)cc1)C(C(=O)NCc1cccnc1)c1ccccc1. The number of nitrogens with zero attached hydrogens (tertiary/aromatic N) is 2. The molecule has 2 amide bonds. The van der Waals surface area contributed by atoms with E-state index in [0.717, 1.165) is 16.7 Å². The molecule has 0 aliphatic carbocycles. The predicted octanol–water partition coefficient (Wildman–Crippen LogP) is 4.53. The number of nitrogens with one attached hydrogen (secondary N) is 1. The summed E-state index contributed by atoms with van der Waals surface area (Å²) in [6, 6.07) is 19.6. The molecule has 6 heteroatoms. The molecular weight excluding hydrogens is 398 g/mol. The molecular formula is C24H24ClN3O2. The zero-order valence-corrected chi connectivity index (χ0v) is 17.5. The third-order valence-corrected chi connectivity index (χ3v) is 5.01. The number of rotatable bonds is 8. The third kappa shape index (κ3) is 5.67. The Labute approximate surface area is 181 Å². The normalized spacial score (nSPS) is 11.5. The Morgan fingerprint density at radius 1 is 1.00 bits per heavy atom. The highest BCUT2D eigenvalue weighted by Gasteiger charge is 2.30. The van der Waals surface area contributed by atoms with Crippen LogP contribution in [0.15, 0.2) is 79.1 Å². The lowest BCUT2D eigenvalue weighted by molar-refractivity contribution is -0.141. The minimum Gasteiger partial charge on any atom is -0.350 e. The Balaban J connectivity index is 1.89. The van der Waals surface area contributed by atoms with Gasteiger partial charge in [-0.25, -0.2) is 0 Å². The molecule has 0 spiro atoms. The molecule has 0 bridgehead atoms. The van der Waals surface area contributed by atoms with Crippen molar-refractivity contribution in [3.8, 4) is 0 Å². The van der Waals surface area contributed by atoms with Crippen LogP contribution in [0, 0.1) is 0 Å². The summed E-state index contributed by atoms with van der Waals surface area (Å²) < 4.78 is 0. The summed E-state index contributed by atoms with van der Waals surface area (Å²) in [5.74, 6) is -0.337. The molecule has 30 heavy (non-hydrogen) atoms. The summed E-state index contributed by atoms with van der Waals surface area (Å²) >= 11 is 6.00. The largest absolute Gasteiger partial charge is 0.350 e. The molecule has 1 atom stereocenters. The van der Waals surface area contributed by atoms with Crippen LogP contribution < -0.4 is 5.32 Å². The van der Waals surface area contributed by atoms with E-state index in [2.05, 4.69) is 10.3 Å². The maximum absolute atomic E-state index is 13.3. The minimum atomic E-state index is -0.744. The van der Waals surface area contributed by atoms with Crippen LogP contribution >= 0.6 is 11.6 Å². The summed E-state index contributed by atoms with van der Waals surface area (Å²) in [5, 5.41) is 3.58. The van der Waals surface area contributed by atoms with E-state index in [0.29, 0.717) is 24.5 Å². The molecule has 0 aliphatic rings. The van der Waals surface area contributed by atoms with Gasteiger partial charge >= 0.3 is 0 Å². The lowest BCUT2D eigenvalue weighted by Crippen LogP contribution is -2.43. The van der Waals surface area contributed by atoms with Gasteiger partial charge in [-0.05, 0) is 34.9 Å². The highest BCUT2D eigenvalue weighted by Crippen LogP contribution is 2.25. The molecule has 1 aromatic heterocycles. The van der Waals surface area contributed by atoms with E-state index in [-0.39, 0.29) is 11.8 Å². The van der Waals surface area contributed by atoms with E-state index < -0.39 is 6.04 Å². The van der Waals surface area contributed by atoms with Crippen LogP contribution in [0.25, 0.3) is 0 Å². The standard InChI is InChI=1S/C24H24ClN3O2/c1-2-22(29)28(17-18-10-12-21(25)13-11-18)23(20-8-4-3-5-9-20)24(30)27-16-19-7-6-14-26-15-19/h3-15,23H,2,16-17H2,1H3,(H,27,30). The number of pyridine rings is 1. The minimum absolute atomic E-state index is 0.102. The number of benzene rings is 2. The van der Waals surface area contributed by atoms with E-state index in [1.54, 1.807) is 36.4 Å². The Bertz CT molecular complexity index is 963. The maximum Gasteiger partial charge on any atom is 0.247 e. The third-order valence-electron chi connectivity index (χ3n) is 4.75. The Morgan fingerprint density at radius 2 is 1.73 bits per heavy atom. The van der Waals surface area contributed by atoms with E-state index in [9.17, 15) is 9.59 Å². The molecule has 0 fully saturated rings. The van der Waals surface area contributed by atoms with Gasteiger partial charge in [-0.3, -0.25) is 14.6 Å². The fourth-order valence-electron chi connectivity index (χ4n) is 3.21. The van der Waals surface area contributed by atoms with Crippen molar-refractivity contribution in [3.63, 3.8) is 0 Å². The summed E-state index contributed by atoms with van der Waals surface area (Å²) in [5.41, 5.74) is 2.56. The summed E-state index contributed by atoms with van der Waals surface area (Å²) in [7, 11) is 0.